The van der Waals surface area contributed by atoms with E-state index >= 15 is 0 Å². The summed E-state index contributed by atoms with van der Waals surface area (Å²) in [6, 6.07) is 0. The van der Waals surface area contributed by atoms with E-state index in [-0.39, 0.29) is 12.3 Å². The molecule has 84 valence electrons. The van der Waals surface area contributed by atoms with Gasteiger partial charge in [-0.05, 0) is 6.42 Å². The average Bonchev–Trinajstić information content (AvgIpc) is 2.45. The van der Waals surface area contributed by atoms with Gasteiger partial charge in [0.1, 0.15) is 0 Å². The molecule has 1 unspecified atom stereocenters. The first-order valence-corrected chi connectivity index (χ1v) is 5.16. The number of hydrogen-bond donors (Lipinski definition) is 1. The maximum Gasteiger partial charge on any atom is 0.306 e. The van der Waals surface area contributed by atoms with E-state index < -0.39 is 18.0 Å². The molecule has 1 fully saturated rings. The van der Waals surface area contributed by atoms with Crippen LogP contribution in [0.3, 0.4) is 0 Å². The number of unbranched alkanes of at least 4 members (excludes halogenated alkanes) is 2. The van der Waals surface area contributed by atoms with E-state index in [1.54, 1.807) is 0 Å². The molecule has 0 aromatic rings. The summed E-state index contributed by atoms with van der Waals surface area (Å²) in [6.07, 6.45) is 2.11. The SMILES string of the molecule is CCCCCC(=O)OC1CC(=O)NC1=O. The van der Waals surface area contributed by atoms with Gasteiger partial charge in [-0.2, -0.15) is 0 Å². The van der Waals surface area contributed by atoms with Crippen molar-refractivity contribution in [2.45, 2.75) is 45.1 Å². The first-order chi connectivity index (χ1) is 7.13. The highest BCUT2D eigenvalue weighted by molar-refractivity contribution is 6.05. The lowest BCUT2D eigenvalue weighted by Gasteiger charge is -2.07. The zero-order valence-electron chi connectivity index (χ0n) is 8.75. The Morgan fingerprint density at radius 2 is 2.20 bits per heavy atom. The molecule has 1 heterocycles. The van der Waals surface area contributed by atoms with Crippen LogP contribution in [0.1, 0.15) is 39.0 Å². The minimum atomic E-state index is -0.911. The molecule has 2 amide bonds. The molecule has 15 heavy (non-hydrogen) atoms. The fourth-order valence-electron chi connectivity index (χ4n) is 1.36. The first-order valence-electron chi connectivity index (χ1n) is 5.16. The van der Waals surface area contributed by atoms with E-state index in [9.17, 15) is 14.4 Å². The van der Waals surface area contributed by atoms with E-state index in [4.69, 9.17) is 4.74 Å². The Morgan fingerprint density at radius 1 is 1.47 bits per heavy atom. The zero-order chi connectivity index (χ0) is 11.3. The minimum absolute atomic E-state index is 0.0433. The van der Waals surface area contributed by atoms with E-state index in [0.717, 1.165) is 19.3 Å². The van der Waals surface area contributed by atoms with E-state index in [1.807, 2.05) is 6.92 Å². The lowest BCUT2D eigenvalue weighted by Crippen LogP contribution is -2.28. The van der Waals surface area contributed by atoms with Crippen molar-refractivity contribution in [3.63, 3.8) is 0 Å². The lowest BCUT2D eigenvalue weighted by atomic mass is 10.2. The Morgan fingerprint density at radius 3 is 2.73 bits per heavy atom. The first kappa shape index (κ1) is 11.7. The Kier molecular flexibility index (Phi) is 4.27. The highest BCUT2D eigenvalue weighted by Crippen LogP contribution is 2.09. The average molecular weight is 213 g/mol. The predicted molar refractivity (Wildman–Crippen MR) is 51.8 cm³/mol. The lowest BCUT2D eigenvalue weighted by molar-refractivity contribution is -0.154. The number of rotatable bonds is 5. The Balaban J connectivity index is 2.26. The van der Waals surface area contributed by atoms with Crippen LogP contribution in [0, 0.1) is 0 Å². The summed E-state index contributed by atoms with van der Waals surface area (Å²) in [6.45, 7) is 2.04. The molecule has 0 aromatic carbocycles. The third-order valence-corrected chi connectivity index (χ3v) is 2.18. The maximum absolute atomic E-state index is 11.2. The van der Waals surface area contributed by atoms with Crippen LogP contribution in [0.25, 0.3) is 0 Å². The molecule has 5 nitrogen and oxygen atoms in total. The minimum Gasteiger partial charge on any atom is -0.452 e. The van der Waals surface area contributed by atoms with Gasteiger partial charge in [-0.15, -0.1) is 0 Å². The number of amides is 2. The molecule has 1 aliphatic rings. The predicted octanol–water partition coefficient (Wildman–Crippen LogP) is 0.525. The van der Waals surface area contributed by atoms with Crippen LogP contribution in [-0.4, -0.2) is 23.9 Å². The summed E-state index contributed by atoms with van der Waals surface area (Å²) < 4.78 is 4.87. The third-order valence-electron chi connectivity index (χ3n) is 2.18. The van der Waals surface area contributed by atoms with Crippen molar-refractivity contribution in [2.75, 3.05) is 0 Å². The molecule has 1 N–H and O–H groups in total. The summed E-state index contributed by atoms with van der Waals surface area (Å²) >= 11 is 0. The molecular weight excluding hydrogens is 198 g/mol. The number of hydrogen-bond acceptors (Lipinski definition) is 4. The van der Waals surface area contributed by atoms with E-state index in [0.29, 0.717) is 6.42 Å². The van der Waals surface area contributed by atoms with Crippen molar-refractivity contribution >= 4 is 17.8 Å². The van der Waals surface area contributed by atoms with Gasteiger partial charge in [0.25, 0.3) is 5.91 Å². The molecule has 1 rings (SSSR count). The van der Waals surface area contributed by atoms with Gasteiger partial charge in [0.15, 0.2) is 6.10 Å². The van der Waals surface area contributed by atoms with Gasteiger partial charge in [-0.1, -0.05) is 19.8 Å². The van der Waals surface area contributed by atoms with Crippen LogP contribution in [0.4, 0.5) is 0 Å². The van der Waals surface area contributed by atoms with Crippen LogP contribution >= 0.6 is 0 Å². The smallest absolute Gasteiger partial charge is 0.306 e. The largest absolute Gasteiger partial charge is 0.452 e. The molecule has 0 saturated carbocycles. The van der Waals surface area contributed by atoms with Gasteiger partial charge >= 0.3 is 5.97 Å². The van der Waals surface area contributed by atoms with Crippen LogP contribution in [-0.2, 0) is 19.1 Å². The highest BCUT2D eigenvalue weighted by Gasteiger charge is 2.33. The van der Waals surface area contributed by atoms with Crippen molar-refractivity contribution in [1.82, 2.24) is 5.32 Å². The van der Waals surface area contributed by atoms with Gasteiger partial charge in [0, 0.05) is 6.42 Å². The molecule has 0 aliphatic carbocycles. The maximum atomic E-state index is 11.2. The second kappa shape index (κ2) is 5.48. The number of esters is 1. The standard InChI is InChI=1S/C10H15NO4/c1-2-3-4-5-9(13)15-7-6-8(12)11-10(7)14/h7H,2-6H2,1H3,(H,11,12,14). The quantitative estimate of drug-likeness (QED) is 0.410. The van der Waals surface area contributed by atoms with Crippen molar-refractivity contribution in [1.29, 1.82) is 0 Å². The summed E-state index contributed by atoms with van der Waals surface area (Å²) in [4.78, 5) is 33.0. The topological polar surface area (TPSA) is 72.5 Å². The molecule has 0 radical (unpaired) electrons. The Bertz CT molecular complexity index is 275. The van der Waals surface area contributed by atoms with Gasteiger partial charge < -0.3 is 4.74 Å². The van der Waals surface area contributed by atoms with Crippen LogP contribution < -0.4 is 5.32 Å². The number of carbonyl (C=O) groups is 3. The van der Waals surface area contributed by atoms with Gasteiger partial charge in [0.05, 0.1) is 6.42 Å². The van der Waals surface area contributed by atoms with Crippen LogP contribution in [0.15, 0.2) is 0 Å². The summed E-state index contributed by atoms with van der Waals surface area (Å²) in [5.41, 5.74) is 0. The van der Waals surface area contributed by atoms with Crippen molar-refractivity contribution in [2.24, 2.45) is 0 Å². The van der Waals surface area contributed by atoms with Crippen LogP contribution in [0.5, 0.6) is 0 Å². The highest BCUT2D eigenvalue weighted by atomic mass is 16.5. The molecule has 0 spiro atoms. The van der Waals surface area contributed by atoms with Crippen LogP contribution in [0.2, 0.25) is 0 Å². The summed E-state index contributed by atoms with van der Waals surface area (Å²) in [5.74, 6) is -1.30. The normalized spacial score (nSPS) is 20.2. The monoisotopic (exact) mass is 213 g/mol. The molecule has 5 heteroatoms. The Hall–Kier alpha value is -1.39. The van der Waals surface area contributed by atoms with E-state index in [1.165, 1.54) is 0 Å². The van der Waals surface area contributed by atoms with Gasteiger partial charge in [-0.25, -0.2) is 0 Å². The second-order valence-electron chi connectivity index (χ2n) is 3.55. The molecule has 1 saturated heterocycles. The number of nitrogens with one attached hydrogen (secondary N) is 1. The number of ether oxygens (including phenoxy) is 1. The number of imide groups is 1. The summed E-state index contributed by atoms with van der Waals surface area (Å²) in [5, 5.41) is 2.08. The Labute approximate surface area is 88.2 Å². The van der Waals surface area contributed by atoms with Gasteiger partial charge in [-0.3, -0.25) is 19.7 Å². The molecule has 0 aromatic heterocycles. The molecule has 1 aliphatic heterocycles. The summed E-state index contributed by atoms with van der Waals surface area (Å²) in [7, 11) is 0. The number of carbonyl (C=O) groups excluding carboxylic acids is 3. The van der Waals surface area contributed by atoms with Gasteiger partial charge in [0.2, 0.25) is 5.91 Å². The molecule has 0 bridgehead atoms. The second-order valence-corrected chi connectivity index (χ2v) is 3.55. The fourth-order valence-corrected chi connectivity index (χ4v) is 1.36. The van der Waals surface area contributed by atoms with Crippen molar-refractivity contribution in [3.8, 4) is 0 Å². The molecular formula is C10H15NO4. The molecule has 1 atom stereocenters. The van der Waals surface area contributed by atoms with Crippen molar-refractivity contribution < 1.29 is 19.1 Å². The van der Waals surface area contributed by atoms with Crippen molar-refractivity contribution in [3.05, 3.63) is 0 Å². The fraction of sp³-hybridized carbons (Fsp3) is 0.700. The zero-order valence-corrected chi connectivity index (χ0v) is 8.75. The van der Waals surface area contributed by atoms with E-state index in [2.05, 4.69) is 5.32 Å². The third kappa shape index (κ3) is 3.69.